The molecule has 8 heteroatoms. The minimum Gasteiger partial charge on any atom is -0.497 e. The van der Waals surface area contributed by atoms with Gasteiger partial charge in [-0.2, -0.15) is 4.31 Å². The molecule has 0 bridgehead atoms. The molecule has 3 aromatic carbocycles. The zero-order valence-electron chi connectivity index (χ0n) is 17.7. The molecule has 3 aromatic rings. The molecule has 6 nitrogen and oxygen atoms in total. The highest BCUT2D eigenvalue weighted by molar-refractivity contribution is 7.89. The highest BCUT2D eigenvalue weighted by Crippen LogP contribution is 2.21. The monoisotopic (exact) mass is 456 g/mol. The molecule has 0 heterocycles. The normalized spacial score (nSPS) is 11.3. The molecule has 0 spiro atoms. The van der Waals surface area contributed by atoms with Gasteiger partial charge in [0.15, 0.2) is 0 Å². The zero-order valence-corrected chi connectivity index (χ0v) is 18.5. The average molecular weight is 457 g/mol. The maximum absolute atomic E-state index is 13.3. The van der Waals surface area contributed by atoms with Crippen molar-refractivity contribution >= 4 is 15.9 Å². The van der Waals surface area contributed by atoms with Crippen LogP contribution in [0.15, 0.2) is 83.8 Å². The van der Waals surface area contributed by atoms with Gasteiger partial charge >= 0.3 is 0 Å². The van der Waals surface area contributed by atoms with Crippen molar-refractivity contribution < 1.29 is 22.3 Å². The fourth-order valence-electron chi connectivity index (χ4n) is 3.12. The van der Waals surface area contributed by atoms with Crippen molar-refractivity contribution in [1.29, 1.82) is 0 Å². The van der Waals surface area contributed by atoms with E-state index in [0.29, 0.717) is 18.7 Å². The molecule has 0 fully saturated rings. The predicted octanol–water partition coefficient (Wildman–Crippen LogP) is 3.38. The standard InChI is InChI=1S/C24H25FN2O4S/c1-31-22-11-13-23(14-12-22)32(29,30)27(17-20-5-3-2-4-6-20)18-24(28)26-16-15-19-7-9-21(25)10-8-19/h2-14H,15-18H2,1H3,(H,26,28). The molecule has 0 radical (unpaired) electrons. The molecule has 0 aliphatic carbocycles. The maximum atomic E-state index is 13.3. The molecule has 1 N–H and O–H groups in total. The molecule has 0 aliphatic heterocycles. The van der Waals surface area contributed by atoms with E-state index in [1.807, 2.05) is 30.3 Å². The maximum Gasteiger partial charge on any atom is 0.243 e. The van der Waals surface area contributed by atoms with Crippen LogP contribution in [0.5, 0.6) is 5.75 Å². The summed E-state index contributed by atoms with van der Waals surface area (Å²) in [5, 5.41) is 2.75. The van der Waals surface area contributed by atoms with Crippen molar-refractivity contribution in [2.45, 2.75) is 17.9 Å². The van der Waals surface area contributed by atoms with E-state index in [9.17, 15) is 17.6 Å². The number of amides is 1. The summed E-state index contributed by atoms with van der Waals surface area (Å²) in [6, 6.07) is 21.2. The van der Waals surface area contributed by atoms with Crippen molar-refractivity contribution in [2.75, 3.05) is 20.2 Å². The fourth-order valence-corrected chi connectivity index (χ4v) is 4.51. The molecule has 1 amide bonds. The summed E-state index contributed by atoms with van der Waals surface area (Å²) in [5.74, 6) is -0.199. The number of rotatable bonds is 10. The largest absolute Gasteiger partial charge is 0.497 e. The number of nitrogens with zero attached hydrogens (tertiary/aromatic N) is 1. The van der Waals surface area contributed by atoms with Gasteiger partial charge in [0.2, 0.25) is 15.9 Å². The number of hydrogen-bond donors (Lipinski definition) is 1. The number of benzene rings is 3. The van der Waals surface area contributed by atoms with Gasteiger partial charge in [0.1, 0.15) is 11.6 Å². The number of carbonyl (C=O) groups excluding carboxylic acids is 1. The topological polar surface area (TPSA) is 75.7 Å². The van der Waals surface area contributed by atoms with Crippen molar-refractivity contribution in [1.82, 2.24) is 9.62 Å². The number of hydrogen-bond acceptors (Lipinski definition) is 4. The van der Waals surface area contributed by atoms with Gasteiger partial charge < -0.3 is 10.1 Å². The summed E-state index contributed by atoms with van der Waals surface area (Å²) < 4.78 is 45.8. The van der Waals surface area contributed by atoms with Crippen LogP contribution >= 0.6 is 0 Å². The lowest BCUT2D eigenvalue weighted by molar-refractivity contribution is -0.121. The van der Waals surface area contributed by atoms with Crippen LogP contribution in [0.4, 0.5) is 4.39 Å². The minimum atomic E-state index is -3.93. The van der Waals surface area contributed by atoms with E-state index in [-0.39, 0.29) is 23.8 Å². The van der Waals surface area contributed by atoms with Crippen molar-refractivity contribution in [2.24, 2.45) is 0 Å². The second-order valence-corrected chi connectivity index (χ2v) is 9.10. The van der Waals surface area contributed by atoms with Crippen molar-refractivity contribution in [3.63, 3.8) is 0 Å². The first-order valence-electron chi connectivity index (χ1n) is 10.1. The quantitative estimate of drug-likeness (QED) is 0.508. The summed E-state index contributed by atoms with van der Waals surface area (Å²) in [6.45, 7) is 0.0412. The lowest BCUT2D eigenvalue weighted by Crippen LogP contribution is -2.40. The third-order valence-electron chi connectivity index (χ3n) is 4.87. The summed E-state index contributed by atoms with van der Waals surface area (Å²) in [6.07, 6.45) is 0.510. The van der Waals surface area contributed by atoms with Crippen LogP contribution in [-0.2, 0) is 27.8 Å². The molecular formula is C24H25FN2O4S. The van der Waals surface area contributed by atoms with Crippen LogP contribution in [0.2, 0.25) is 0 Å². The van der Waals surface area contributed by atoms with E-state index in [1.165, 1.54) is 31.4 Å². The number of sulfonamides is 1. The Morgan fingerprint density at radius 3 is 2.22 bits per heavy atom. The summed E-state index contributed by atoms with van der Waals surface area (Å²) >= 11 is 0. The number of methoxy groups -OCH3 is 1. The van der Waals surface area contributed by atoms with Crippen LogP contribution in [-0.4, -0.2) is 38.8 Å². The molecule has 168 valence electrons. The molecule has 32 heavy (non-hydrogen) atoms. The molecule has 0 atom stereocenters. The highest BCUT2D eigenvalue weighted by atomic mass is 32.2. The van der Waals surface area contributed by atoms with E-state index in [0.717, 1.165) is 15.4 Å². The van der Waals surface area contributed by atoms with Gasteiger partial charge in [-0.1, -0.05) is 42.5 Å². The Hall–Kier alpha value is -3.23. The molecule has 3 rings (SSSR count). The Morgan fingerprint density at radius 2 is 1.59 bits per heavy atom. The van der Waals surface area contributed by atoms with Crippen LogP contribution < -0.4 is 10.1 Å². The third kappa shape index (κ3) is 6.38. The first kappa shape index (κ1) is 23.4. The van der Waals surface area contributed by atoms with Crippen LogP contribution in [0.25, 0.3) is 0 Å². The van der Waals surface area contributed by atoms with Gasteiger partial charge in [0, 0.05) is 13.1 Å². The fraction of sp³-hybridized carbons (Fsp3) is 0.208. The zero-order chi connectivity index (χ0) is 23.0. The lowest BCUT2D eigenvalue weighted by Gasteiger charge is -2.22. The van der Waals surface area contributed by atoms with E-state index < -0.39 is 15.9 Å². The number of nitrogens with one attached hydrogen (secondary N) is 1. The Morgan fingerprint density at radius 1 is 0.938 bits per heavy atom. The molecule has 0 aliphatic rings. The minimum absolute atomic E-state index is 0.0561. The van der Waals surface area contributed by atoms with Gasteiger partial charge in [-0.3, -0.25) is 4.79 Å². The van der Waals surface area contributed by atoms with E-state index in [4.69, 9.17) is 4.74 Å². The molecule has 0 unspecified atom stereocenters. The second kappa shape index (κ2) is 10.9. The van der Waals surface area contributed by atoms with Gasteiger partial charge in [-0.05, 0) is 53.9 Å². The second-order valence-electron chi connectivity index (χ2n) is 7.16. The van der Waals surface area contributed by atoms with Gasteiger partial charge in [0.25, 0.3) is 0 Å². The number of ether oxygens (including phenoxy) is 1. The lowest BCUT2D eigenvalue weighted by atomic mass is 10.1. The first-order valence-corrected chi connectivity index (χ1v) is 11.5. The Bertz CT molecular complexity index is 1120. The van der Waals surface area contributed by atoms with E-state index in [2.05, 4.69) is 5.32 Å². The average Bonchev–Trinajstić information content (AvgIpc) is 2.80. The predicted molar refractivity (Wildman–Crippen MR) is 120 cm³/mol. The number of carbonyl (C=O) groups is 1. The van der Waals surface area contributed by atoms with E-state index in [1.54, 1.807) is 24.3 Å². The highest BCUT2D eigenvalue weighted by Gasteiger charge is 2.27. The Labute approximate surface area is 187 Å². The SMILES string of the molecule is COc1ccc(S(=O)(=O)N(CC(=O)NCCc2ccc(F)cc2)Cc2ccccc2)cc1. The van der Waals surface area contributed by atoms with E-state index >= 15 is 0 Å². The van der Waals surface area contributed by atoms with Crippen molar-refractivity contribution in [3.05, 3.63) is 95.8 Å². The van der Waals surface area contributed by atoms with Gasteiger partial charge in [-0.25, -0.2) is 12.8 Å². The summed E-state index contributed by atoms with van der Waals surface area (Å²) in [7, 11) is -2.42. The Balaban J connectivity index is 1.71. The molecular weight excluding hydrogens is 431 g/mol. The van der Waals surface area contributed by atoms with Crippen LogP contribution in [0.3, 0.4) is 0 Å². The Kier molecular flexibility index (Phi) is 7.97. The summed E-state index contributed by atoms with van der Waals surface area (Å²) in [5.41, 5.74) is 1.64. The first-order chi connectivity index (χ1) is 15.4. The number of halogens is 1. The van der Waals surface area contributed by atoms with Crippen LogP contribution in [0, 0.1) is 5.82 Å². The molecule has 0 saturated heterocycles. The van der Waals surface area contributed by atoms with Gasteiger partial charge in [-0.15, -0.1) is 0 Å². The van der Waals surface area contributed by atoms with Crippen LogP contribution in [0.1, 0.15) is 11.1 Å². The molecule has 0 aromatic heterocycles. The molecule has 0 saturated carbocycles. The van der Waals surface area contributed by atoms with Crippen molar-refractivity contribution in [3.8, 4) is 5.75 Å². The summed E-state index contributed by atoms with van der Waals surface area (Å²) in [4.78, 5) is 12.6. The van der Waals surface area contributed by atoms with Gasteiger partial charge in [0.05, 0.1) is 18.6 Å². The third-order valence-corrected chi connectivity index (χ3v) is 6.67. The smallest absolute Gasteiger partial charge is 0.243 e.